The zero-order chi connectivity index (χ0) is 14.2. The summed E-state index contributed by atoms with van der Waals surface area (Å²) >= 11 is 0.262. The smallest absolute Gasteiger partial charge is 0.295 e. The molecule has 2 aromatic heterocycles. The lowest BCUT2D eigenvalue weighted by Crippen LogP contribution is -2.14. The van der Waals surface area contributed by atoms with E-state index in [1.165, 1.54) is 4.68 Å². The molecule has 6 nitrogen and oxygen atoms in total. The molecule has 0 aromatic carbocycles. The molecule has 10 heteroatoms. The van der Waals surface area contributed by atoms with Gasteiger partial charge >= 0.3 is 6.18 Å². The number of aromatic nitrogens is 4. The zero-order valence-corrected chi connectivity index (χ0v) is 10.6. The summed E-state index contributed by atoms with van der Waals surface area (Å²) in [5.74, 6) is -0.622. The van der Waals surface area contributed by atoms with Crippen molar-refractivity contribution in [2.45, 2.75) is 13.1 Å². The molecule has 0 aliphatic carbocycles. The molecule has 102 valence electrons. The number of carbonyl (C=O) groups is 1. The third-order valence-electron chi connectivity index (χ3n) is 2.11. The van der Waals surface area contributed by atoms with Crippen LogP contribution in [0.1, 0.15) is 21.1 Å². The number of alkyl halides is 3. The van der Waals surface area contributed by atoms with Crippen molar-refractivity contribution in [2.24, 2.45) is 7.05 Å². The highest BCUT2D eigenvalue weighted by atomic mass is 32.1. The number of halogens is 3. The van der Waals surface area contributed by atoms with E-state index in [0.717, 1.165) is 0 Å². The molecular formula is C9H8F3N5OS. The van der Waals surface area contributed by atoms with Gasteiger partial charge in [-0.2, -0.15) is 18.3 Å². The monoisotopic (exact) mass is 291 g/mol. The van der Waals surface area contributed by atoms with E-state index < -0.39 is 17.1 Å². The number of rotatable bonds is 2. The summed E-state index contributed by atoms with van der Waals surface area (Å²) in [6.07, 6.45) is -2.95. The quantitative estimate of drug-likeness (QED) is 0.916. The molecule has 0 fully saturated rings. The molecule has 1 N–H and O–H groups in total. The van der Waals surface area contributed by atoms with Crippen LogP contribution in [0, 0.1) is 6.92 Å². The van der Waals surface area contributed by atoms with E-state index in [9.17, 15) is 18.0 Å². The van der Waals surface area contributed by atoms with E-state index in [0.29, 0.717) is 5.56 Å². The Morgan fingerprint density at radius 1 is 1.42 bits per heavy atom. The summed E-state index contributed by atoms with van der Waals surface area (Å²) in [6.45, 7) is 1.67. The van der Waals surface area contributed by atoms with Gasteiger partial charge in [0.25, 0.3) is 5.91 Å². The number of nitrogens with one attached hydrogen (secondary N) is 1. The molecule has 19 heavy (non-hydrogen) atoms. The largest absolute Gasteiger partial charge is 0.445 e. The van der Waals surface area contributed by atoms with Gasteiger partial charge in [0.2, 0.25) is 10.1 Å². The summed E-state index contributed by atoms with van der Waals surface area (Å²) in [5.41, 5.74) is 0.742. The van der Waals surface area contributed by atoms with E-state index in [1.54, 1.807) is 20.2 Å². The summed E-state index contributed by atoms with van der Waals surface area (Å²) in [4.78, 5) is 11.8. The van der Waals surface area contributed by atoms with Crippen molar-refractivity contribution >= 4 is 22.4 Å². The lowest BCUT2D eigenvalue weighted by atomic mass is 10.3. The Kier molecular flexibility index (Phi) is 3.27. The number of carbonyl (C=O) groups excluding carboxylic acids is 1. The molecule has 0 bridgehead atoms. The van der Waals surface area contributed by atoms with Crippen LogP contribution >= 0.6 is 11.3 Å². The van der Waals surface area contributed by atoms with Crippen LogP contribution in [0.4, 0.5) is 18.3 Å². The van der Waals surface area contributed by atoms with Crippen molar-refractivity contribution in [3.8, 4) is 0 Å². The van der Waals surface area contributed by atoms with Crippen molar-refractivity contribution < 1.29 is 18.0 Å². The summed E-state index contributed by atoms with van der Waals surface area (Å²) in [6, 6.07) is 0. The minimum Gasteiger partial charge on any atom is -0.295 e. The van der Waals surface area contributed by atoms with Gasteiger partial charge in [-0.25, -0.2) is 0 Å². The Balaban J connectivity index is 2.16. The fraction of sp³-hybridized carbons (Fsp3) is 0.333. The minimum absolute atomic E-state index is 0.131. The molecule has 0 saturated carbocycles. The molecule has 0 spiro atoms. The normalized spacial score (nSPS) is 11.6. The van der Waals surface area contributed by atoms with Gasteiger partial charge in [-0.3, -0.25) is 14.8 Å². The maximum atomic E-state index is 12.3. The van der Waals surface area contributed by atoms with Crippen molar-refractivity contribution in [1.82, 2.24) is 20.0 Å². The van der Waals surface area contributed by atoms with Crippen molar-refractivity contribution in [3.05, 3.63) is 22.5 Å². The van der Waals surface area contributed by atoms with Crippen LogP contribution in [-0.4, -0.2) is 25.9 Å². The Morgan fingerprint density at radius 3 is 2.58 bits per heavy atom. The number of anilines is 1. The minimum atomic E-state index is -4.57. The average molecular weight is 291 g/mol. The first-order chi connectivity index (χ1) is 8.77. The summed E-state index contributed by atoms with van der Waals surface area (Å²) in [7, 11) is 1.64. The van der Waals surface area contributed by atoms with Gasteiger partial charge in [0.05, 0.1) is 0 Å². The predicted molar refractivity (Wildman–Crippen MR) is 60.8 cm³/mol. The molecular weight excluding hydrogens is 283 g/mol. The maximum Gasteiger partial charge on any atom is 0.445 e. The fourth-order valence-electron chi connectivity index (χ4n) is 1.38. The molecule has 2 heterocycles. The first-order valence-corrected chi connectivity index (χ1v) is 5.81. The van der Waals surface area contributed by atoms with E-state index in [2.05, 4.69) is 20.6 Å². The molecule has 0 radical (unpaired) electrons. The van der Waals surface area contributed by atoms with Crippen LogP contribution in [0.5, 0.6) is 0 Å². The van der Waals surface area contributed by atoms with Gasteiger partial charge in [0.1, 0.15) is 0 Å². The first-order valence-electron chi connectivity index (χ1n) is 4.99. The first kappa shape index (κ1) is 13.5. The van der Waals surface area contributed by atoms with Gasteiger partial charge in [-0.1, -0.05) is 11.3 Å². The van der Waals surface area contributed by atoms with Crippen LogP contribution < -0.4 is 5.32 Å². The Bertz CT molecular complexity index is 618. The zero-order valence-electron chi connectivity index (χ0n) is 9.82. The maximum absolute atomic E-state index is 12.3. The number of hydrogen-bond donors (Lipinski definition) is 1. The molecule has 1 amide bonds. The van der Waals surface area contributed by atoms with Gasteiger partial charge in [-0.05, 0) is 6.92 Å². The van der Waals surface area contributed by atoms with E-state index >= 15 is 0 Å². The van der Waals surface area contributed by atoms with Crippen molar-refractivity contribution in [1.29, 1.82) is 0 Å². The van der Waals surface area contributed by atoms with Crippen LogP contribution in [-0.2, 0) is 13.2 Å². The second-order valence-electron chi connectivity index (χ2n) is 3.70. The highest BCUT2D eigenvalue weighted by Crippen LogP contribution is 2.33. The number of hydrogen-bond acceptors (Lipinski definition) is 5. The second-order valence-corrected chi connectivity index (χ2v) is 4.68. The van der Waals surface area contributed by atoms with Gasteiger partial charge < -0.3 is 0 Å². The number of amides is 1. The molecule has 0 aliphatic rings. The third kappa shape index (κ3) is 2.89. The number of nitrogens with zero attached hydrogens (tertiary/aromatic N) is 4. The molecule has 2 aromatic rings. The van der Waals surface area contributed by atoms with Crippen LogP contribution in [0.3, 0.4) is 0 Å². The molecule has 0 aliphatic heterocycles. The highest BCUT2D eigenvalue weighted by Gasteiger charge is 2.35. The van der Waals surface area contributed by atoms with Crippen molar-refractivity contribution in [2.75, 3.05) is 5.32 Å². The SMILES string of the molecule is Cc1cn(C)nc1C(=O)Nc1nnc(C(F)(F)F)s1. The fourth-order valence-corrected chi connectivity index (χ4v) is 1.98. The van der Waals surface area contributed by atoms with Crippen LogP contribution in [0.2, 0.25) is 0 Å². The summed E-state index contributed by atoms with van der Waals surface area (Å²) in [5, 5.41) is 11.0. The molecule has 0 saturated heterocycles. The van der Waals surface area contributed by atoms with Crippen molar-refractivity contribution in [3.63, 3.8) is 0 Å². The van der Waals surface area contributed by atoms with Crippen LogP contribution in [0.15, 0.2) is 6.20 Å². The Hall–Kier alpha value is -1.97. The van der Waals surface area contributed by atoms with Crippen LogP contribution in [0.25, 0.3) is 0 Å². The predicted octanol–water partition coefficient (Wildman–Crippen LogP) is 1.85. The standard InChI is InChI=1S/C9H8F3N5OS/c1-4-3-17(2)16-5(4)6(18)13-8-15-14-7(19-8)9(10,11)12/h3H,1-2H3,(H,13,15,18). The average Bonchev–Trinajstić information content (AvgIpc) is 2.84. The van der Waals surface area contributed by atoms with E-state index in [1.807, 2.05) is 0 Å². The van der Waals surface area contributed by atoms with Gasteiger partial charge in [0.15, 0.2) is 5.69 Å². The third-order valence-corrected chi connectivity index (χ3v) is 3.00. The lowest BCUT2D eigenvalue weighted by Gasteiger charge is -1.99. The Morgan fingerprint density at radius 2 is 2.11 bits per heavy atom. The molecule has 2 rings (SSSR count). The molecule has 0 atom stereocenters. The van der Waals surface area contributed by atoms with Gasteiger partial charge in [-0.15, -0.1) is 10.2 Å². The van der Waals surface area contributed by atoms with Gasteiger partial charge in [0, 0.05) is 18.8 Å². The lowest BCUT2D eigenvalue weighted by molar-refractivity contribution is -0.138. The second kappa shape index (κ2) is 4.61. The highest BCUT2D eigenvalue weighted by molar-refractivity contribution is 7.15. The molecule has 0 unspecified atom stereocenters. The number of aryl methyl sites for hydroxylation is 2. The van der Waals surface area contributed by atoms with E-state index in [-0.39, 0.29) is 22.2 Å². The summed E-state index contributed by atoms with van der Waals surface area (Å²) < 4.78 is 38.4. The topological polar surface area (TPSA) is 72.7 Å². The Labute approximate surface area is 109 Å². The van der Waals surface area contributed by atoms with E-state index in [4.69, 9.17) is 0 Å².